The molecule has 0 radical (unpaired) electrons. The van der Waals surface area contributed by atoms with Crippen LogP contribution in [-0.4, -0.2) is 42.1 Å². The topological polar surface area (TPSA) is 62.3 Å². The SMILES string of the molecule is O=S(=O)(C1CC1)N1CCC(Nc2ccc3c(Cl)ccnc3c2F)CC1. The van der Waals surface area contributed by atoms with Crippen molar-refractivity contribution in [3.05, 3.63) is 35.2 Å². The van der Waals surface area contributed by atoms with Gasteiger partial charge in [-0.1, -0.05) is 11.6 Å². The van der Waals surface area contributed by atoms with Crippen LogP contribution in [0.5, 0.6) is 0 Å². The smallest absolute Gasteiger partial charge is 0.216 e. The second-order valence-electron chi connectivity index (χ2n) is 6.68. The average Bonchev–Trinajstić information content (AvgIpc) is 3.44. The first-order chi connectivity index (χ1) is 12.0. The Balaban J connectivity index is 1.47. The average molecular weight is 384 g/mol. The molecule has 1 aromatic heterocycles. The molecule has 5 nitrogen and oxygen atoms in total. The highest BCUT2D eigenvalue weighted by atomic mass is 35.5. The molecule has 134 valence electrons. The summed E-state index contributed by atoms with van der Waals surface area (Å²) in [5, 5.41) is 4.07. The number of hydrogen-bond donors (Lipinski definition) is 1. The number of pyridine rings is 1. The fourth-order valence-electron chi connectivity index (χ4n) is 3.31. The van der Waals surface area contributed by atoms with Gasteiger partial charge in [0.25, 0.3) is 0 Å². The highest BCUT2D eigenvalue weighted by Gasteiger charge is 2.41. The quantitative estimate of drug-likeness (QED) is 0.879. The molecule has 0 amide bonds. The largest absolute Gasteiger partial charge is 0.380 e. The van der Waals surface area contributed by atoms with Crippen molar-refractivity contribution in [2.45, 2.75) is 37.0 Å². The van der Waals surface area contributed by atoms with Gasteiger partial charge in [0.2, 0.25) is 10.0 Å². The van der Waals surface area contributed by atoms with Gasteiger partial charge in [-0.15, -0.1) is 0 Å². The van der Waals surface area contributed by atoms with Gasteiger partial charge in [0.1, 0.15) is 5.52 Å². The highest BCUT2D eigenvalue weighted by Crippen LogP contribution is 2.33. The van der Waals surface area contributed by atoms with Crippen LogP contribution in [-0.2, 0) is 10.0 Å². The van der Waals surface area contributed by atoms with Crippen molar-refractivity contribution in [3.8, 4) is 0 Å². The molecule has 8 heteroatoms. The third kappa shape index (κ3) is 3.20. The van der Waals surface area contributed by atoms with Crippen molar-refractivity contribution in [2.75, 3.05) is 18.4 Å². The number of piperidine rings is 1. The van der Waals surface area contributed by atoms with Crippen LogP contribution in [0.3, 0.4) is 0 Å². The van der Waals surface area contributed by atoms with E-state index in [0.717, 1.165) is 12.8 Å². The Labute approximate surface area is 151 Å². The van der Waals surface area contributed by atoms with Crippen LogP contribution in [0.4, 0.5) is 10.1 Å². The minimum absolute atomic E-state index is 0.0387. The summed E-state index contributed by atoms with van der Waals surface area (Å²) in [5.41, 5.74) is 0.622. The van der Waals surface area contributed by atoms with Gasteiger partial charge >= 0.3 is 0 Å². The predicted octanol–water partition coefficient (Wildman–Crippen LogP) is 3.40. The molecule has 1 saturated carbocycles. The molecule has 2 aromatic rings. The lowest BCUT2D eigenvalue weighted by molar-refractivity contribution is 0.329. The number of benzene rings is 1. The van der Waals surface area contributed by atoms with Crippen molar-refractivity contribution in [1.82, 2.24) is 9.29 Å². The second kappa shape index (κ2) is 6.37. The Morgan fingerprint density at radius 1 is 1.16 bits per heavy atom. The summed E-state index contributed by atoms with van der Waals surface area (Å²) in [5.74, 6) is -0.423. The molecule has 1 N–H and O–H groups in total. The molecule has 0 atom stereocenters. The lowest BCUT2D eigenvalue weighted by atomic mass is 10.1. The van der Waals surface area contributed by atoms with E-state index in [1.807, 2.05) is 0 Å². The van der Waals surface area contributed by atoms with Crippen molar-refractivity contribution in [1.29, 1.82) is 0 Å². The number of halogens is 2. The van der Waals surface area contributed by atoms with E-state index in [0.29, 0.717) is 42.0 Å². The molecule has 2 heterocycles. The molecule has 0 bridgehead atoms. The summed E-state index contributed by atoms with van der Waals surface area (Å²) in [6, 6.07) is 5.09. The lowest BCUT2D eigenvalue weighted by Gasteiger charge is -2.32. The molecule has 1 saturated heterocycles. The van der Waals surface area contributed by atoms with Gasteiger partial charge in [-0.05, 0) is 43.9 Å². The third-order valence-electron chi connectivity index (χ3n) is 4.92. The minimum Gasteiger partial charge on any atom is -0.380 e. The molecular formula is C17H19ClFN3O2S. The first-order valence-corrected chi connectivity index (χ1v) is 10.3. The third-order valence-corrected chi connectivity index (χ3v) is 7.65. The molecule has 2 aliphatic rings. The number of hydrogen-bond acceptors (Lipinski definition) is 4. The van der Waals surface area contributed by atoms with Crippen molar-refractivity contribution in [3.63, 3.8) is 0 Å². The lowest BCUT2D eigenvalue weighted by Crippen LogP contribution is -2.43. The normalized spacial score (nSPS) is 20.1. The summed E-state index contributed by atoms with van der Waals surface area (Å²) < 4.78 is 40.8. The Kier molecular flexibility index (Phi) is 4.33. The van der Waals surface area contributed by atoms with Gasteiger partial charge in [-0.2, -0.15) is 0 Å². The maximum Gasteiger partial charge on any atom is 0.216 e. The maximum absolute atomic E-state index is 14.7. The Hall–Kier alpha value is -1.44. The summed E-state index contributed by atoms with van der Waals surface area (Å²) in [7, 11) is -3.12. The van der Waals surface area contributed by atoms with Crippen LogP contribution >= 0.6 is 11.6 Å². The van der Waals surface area contributed by atoms with Gasteiger partial charge in [-0.25, -0.2) is 17.1 Å². The van der Waals surface area contributed by atoms with E-state index in [1.165, 1.54) is 6.20 Å². The first-order valence-electron chi connectivity index (χ1n) is 8.45. The summed E-state index contributed by atoms with van der Waals surface area (Å²) >= 11 is 6.07. The van der Waals surface area contributed by atoms with Crippen LogP contribution in [0, 0.1) is 5.82 Å². The van der Waals surface area contributed by atoms with Crippen molar-refractivity contribution < 1.29 is 12.8 Å². The van der Waals surface area contributed by atoms with Crippen LogP contribution in [0.15, 0.2) is 24.4 Å². The minimum atomic E-state index is -3.12. The van der Waals surface area contributed by atoms with Gasteiger partial charge < -0.3 is 5.32 Å². The zero-order chi connectivity index (χ0) is 17.6. The number of nitrogens with zero attached hydrogens (tertiary/aromatic N) is 2. The highest BCUT2D eigenvalue weighted by molar-refractivity contribution is 7.90. The zero-order valence-corrected chi connectivity index (χ0v) is 15.2. The Morgan fingerprint density at radius 2 is 1.88 bits per heavy atom. The Bertz CT molecular complexity index is 909. The van der Waals surface area contributed by atoms with Gasteiger partial charge in [-0.3, -0.25) is 4.98 Å². The van der Waals surface area contributed by atoms with Crippen LogP contribution in [0.25, 0.3) is 10.9 Å². The van der Waals surface area contributed by atoms with E-state index in [9.17, 15) is 12.8 Å². The molecule has 1 aliphatic carbocycles. The fourth-order valence-corrected chi connectivity index (χ4v) is 5.40. The van der Waals surface area contributed by atoms with E-state index >= 15 is 0 Å². The van der Waals surface area contributed by atoms with E-state index in [2.05, 4.69) is 10.3 Å². The fraction of sp³-hybridized carbons (Fsp3) is 0.471. The maximum atomic E-state index is 14.7. The monoisotopic (exact) mass is 383 g/mol. The number of sulfonamides is 1. The Morgan fingerprint density at radius 3 is 2.56 bits per heavy atom. The number of nitrogens with one attached hydrogen (secondary N) is 1. The summed E-state index contributed by atoms with van der Waals surface area (Å²) in [6.07, 6.45) is 4.36. The van der Waals surface area contributed by atoms with Gasteiger partial charge in [0, 0.05) is 30.7 Å². The van der Waals surface area contributed by atoms with Crippen LogP contribution in [0.1, 0.15) is 25.7 Å². The van der Waals surface area contributed by atoms with Crippen LogP contribution in [0.2, 0.25) is 5.02 Å². The standard InChI is InChI=1S/C17H19ClFN3O2S/c18-14-5-8-20-17-13(14)3-4-15(16(17)19)21-11-6-9-22(10-7-11)25(23,24)12-1-2-12/h3-5,8,11-12,21H,1-2,6-7,9-10H2. The predicted molar refractivity (Wildman–Crippen MR) is 96.9 cm³/mol. The molecule has 1 aliphatic heterocycles. The summed E-state index contributed by atoms with van der Waals surface area (Å²) in [6.45, 7) is 0.964. The molecule has 0 unspecified atom stereocenters. The van der Waals surface area contributed by atoms with Crippen molar-refractivity contribution >= 4 is 38.2 Å². The molecular weight excluding hydrogens is 365 g/mol. The van der Waals surface area contributed by atoms with E-state index in [-0.39, 0.29) is 16.8 Å². The zero-order valence-electron chi connectivity index (χ0n) is 13.6. The number of fused-ring (bicyclic) bond motifs is 1. The van der Waals surface area contributed by atoms with E-state index in [4.69, 9.17) is 11.6 Å². The van der Waals surface area contributed by atoms with E-state index < -0.39 is 15.8 Å². The number of anilines is 1. The molecule has 25 heavy (non-hydrogen) atoms. The first kappa shape index (κ1) is 17.0. The summed E-state index contributed by atoms with van der Waals surface area (Å²) in [4.78, 5) is 4.08. The molecule has 0 spiro atoms. The second-order valence-corrected chi connectivity index (χ2v) is 9.30. The van der Waals surface area contributed by atoms with Gasteiger partial charge in [0.15, 0.2) is 5.82 Å². The molecule has 2 fully saturated rings. The molecule has 4 rings (SSSR count). The van der Waals surface area contributed by atoms with Gasteiger partial charge in [0.05, 0.1) is 16.0 Å². The molecule has 1 aromatic carbocycles. The van der Waals surface area contributed by atoms with Crippen LogP contribution < -0.4 is 5.32 Å². The van der Waals surface area contributed by atoms with E-state index in [1.54, 1.807) is 22.5 Å². The van der Waals surface area contributed by atoms with Crippen molar-refractivity contribution in [2.24, 2.45) is 0 Å². The number of rotatable bonds is 4. The number of aromatic nitrogens is 1.